The standard InChI is InChI=1S/C23H29NO4/c1-3-4-5-6-7-8-15-28-22-14-13-20(16-21(22)24-17(2)25)18-9-11-19(12-10-18)23(26)27/h9-14,16H,3-8,15H2,1-2H3,(H,24,25)(H,26,27). The maximum atomic E-state index is 11.6. The quantitative estimate of drug-likeness (QED) is 0.485. The molecule has 0 saturated carbocycles. The Kier molecular flexibility index (Phi) is 8.53. The molecule has 2 aromatic carbocycles. The Labute approximate surface area is 166 Å². The summed E-state index contributed by atoms with van der Waals surface area (Å²) >= 11 is 0. The first-order valence-corrected chi connectivity index (χ1v) is 9.89. The molecule has 0 fully saturated rings. The third-order valence-electron chi connectivity index (χ3n) is 4.51. The maximum Gasteiger partial charge on any atom is 0.335 e. The first-order valence-electron chi connectivity index (χ1n) is 9.89. The van der Waals surface area contributed by atoms with Crippen LogP contribution in [-0.2, 0) is 4.79 Å². The second-order valence-electron chi connectivity index (χ2n) is 6.89. The van der Waals surface area contributed by atoms with Crippen molar-refractivity contribution >= 4 is 17.6 Å². The zero-order valence-electron chi connectivity index (χ0n) is 16.7. The number of ether oxygens (including phenoxy) is 1. The van der Waals surface area contributed by atoms with E-state index in [0.717, 1.165) is 24.0 Å². The molecule has 0 aromatic heterocycles. The highest BCUT2D eigenvalue weighted by Crippen LogP contribution is 2.31. The molecule has 0 spiro atoms. The molecule has 0 aliphatic heterocycles. The lowest BCUT2D eigenvalue weighted by Crippen LogP contribution is -2.08. The number of carboxylic acid groups (broad SMARTS) is 1. The number of carboxylic acids is 1. The third-order valence-corrected chi connectivity index (χ3v) is 4.51. The van der Waals surface area contributed by atoms with Gasteiger partial charge in [0, 0.05) is 6.92 Å². The second kappa shape index (κ2) is 11.1. The molecular formula is C23H29NO4. The van der Waals surface area contributed by atoms with Crippen molar-refractivity contribution in [1.29, 1.82) is 0 Å². The van der Waals surface area contributed by atoms with Gasteiger partial charge in [0.05, 0.1) is 17.9 Å². The van der Waals surface area contributed by atoms with Crippen LogP contribution in [-0.4, -0.2) is 23.6 Å². The van der Waals surface area contributed by atoms with Crippen molar-refractivity contribution in [3.8, 4) is 16.9 Å². The van der Waals surface area contributed by atoms with Gasteiger partial charge in [-0.2, -0.15) is 0 Å². The summed E-state index contributed by atoms with van der Waals surface area (Å²) in [4.78, 5) is 22.6. The number of aromatic carboxylic acids is 1. The van der Waals surface area contributed by atoms with Crippen LogP contribution in [0.5, 0.6) is 5.75 Å². The SMILES string of the molecule is CCCCCCCCOc1ccc(-c2ccc(C(=O)O)cc2)cc1NC(C)=O. The Morgan fingerprint density at radius 2 is 1.57 bits per heavy atom. The molecule has 0 aliphatic rings. The van der Waals surface area contributed by atoms with Crippen molar-refractivity contribution in [2.24, 2.45) is 0 Å². The lowest BCUT2D eigenvalue weighted by atomic mass is 10.0. The van der Waals surface area contributed by atoms with Crippen molar-refractivity contribution < 1.29 is 19.4 Å². The zero-order valence-corrected chi connectivity index (χ0v) is 16.7. The van der Waals surface area contributed by atoms with E-state index in [9.17, 15) is 9.59 Å². The maximum absolute atomic E-state index is 11.6. The van der Waals surface area contributed by atoms with Gasteiger partial charge in [0.2, 0.25) is 5.91 Å². The van der Waals surface area contributed by atoms with E-state index in [-0.39, 0.29) is 11.5 Å². The van der Waals surface area contributed by atoms with E-state index in [1.54, 1.807) is 24.3 Å². The van der Waals surface area contributed by atoms with Crippen molar-refractivity contribution in [2.75, 3.05) is 11.9 Å². The van der Waals surface area contributed by atoms with Gasteiger partial charge in [-0.1, -0.05) is 57.2 Å². The fourth-order valence-electron chi connectivity index (χ4n) is 2.99. The molecule has 2 rings (SSSR count). The summed E-state index contributed by atoms with van der Waals surface area (Å²) in [5, 5.41) is 11.8. The van der Waals surface area contributed by atoms with Gasteiger partial charge in [0.25, 0.3) is 0 Å². The van der Waals surface area contributed by atoms with Crippen LogP contribution in [0, 0.1) is 0 Å². The van der Waals surface area contributed by atoms with Gasteiger partial charge >= 0.3 is 5.97 Å². The molecule has 1 amide bonds. The first kappa shape index (κ1) is 21.5. The van der Waals surface area contributed by atoms with Crippen molar-refractivity contribution in [3.63, 3.8) is 0 Å². The van der Waals surface area contributed by atoms with E-state index < -0.39 is 5.97 Å². The Hall–Kier alpha value is -2.82. The van der Waals surface area contributed by atoms with Crippen LogP contribution in [0.3, 0.4) is 0 Å². The highest BCUT2D eigenvalue weighted by Gasteiger charge is 2.09. The summed E-state index contributed by atoms with van der Waals surface area (Å²) in [6.45, 7) is 4.29. The van der Waals surface area contributed by atoms with Gasteiger partial charge < -0.3 is 15.2 Å². The first-order chi connectivity index (χ1) is 13.5. The lowest BCUT2D eigenvalue weighted by Gasteiger charge is -2.14. The van der Waals surface area contributed by atoms with Gasteiger partial charge in [-0.25, -0.2) is 4.79 Å². The van der Waals surface area contributed by atoms with Gasteiger partial charge in [-0.3, -0.25) is 4.79 Å². The largest absolute Gasteiger partial charge is 0.491 e. The molecule has 5 heteroatoms. The molecule has 0 radical (unpaired) electrons. The molecule has 2 N–H and O–H groups in total. The number of unbranched alkanes of at least 4 members (excludes halogenated alkanes) is 5. The van der Waals surface area contributed by atoms with Crippen LogP contribution in [0.2, 0.25) is 0 Å². The summed E-state index contributed by atoms with van der Waals surface area (Å²) in [6, 6.07) is 12.3. The molecule has 0 heterocycles. The summed E-state index contributed by atoms with van der Waals surface area (Å²) in [5.41, 5.74) is 2.62. The summed E-state index contributed by atoms with van der Waals surface area (Å²) in [5.74, 6) is -0.471. The number of carbonyl (C=O) groups is 2. The van der Waals surface area contributed by atoms with Gasteiger partial charge in [0.1, 0.15) is 5.75 Å². The molecule has 150 valence electrons. The number of amides is 1. The normalized spacial score (nSPS) is 10.5. The highest BCUT2D eigenvalue weighted by atomic mass is 16.5. The van der Waals surface area contributed by atoms with E-state index in [1.165, 1.54) is 32.6 Å². The minimum atomic E-state index is -0.955. The Bertz CT molecular complexity index is 784. The zero-order chi connectivity index (χ0) is 20.4. The molecule has 28 heavy (non-hydrogen) atoms. The van der Waals surface area contributed by atoms with E-state index in [0.29, 0.717) is 18.0 Å². The van der Waals surface area contributed by atoms with Gasteiger partial charge in [-0.15, -0.1) is 0 Å². The molecule has 2 aromatic rings. The molecule has 5 nitrogen and oxygen atoms in total. The lowest BCUT2D eigenvalue weighted by molar-refractivity contribution is -0.114. The smallest absolute Gasteiger partial charge is 0.335 e. The van der Waals surface area contributed by atoms with Crippen LogP contribution in [0.15, 0.2) is 42.5 Å². The van der Waals surface area contributed by atoms with Crippen molar-refractivity contribution in [1.82, 2.24) is 0 Å². The van der Waals surface area contributed by atoms with Gasteiger partial charge in [0.15, 0.2) is 0 Å². The molecule has 0 aliphatic carbocycles. The third kappa shape index (κ3) is 6.72. The average Bonchev–Trinajstić information content (AvgIpc) is 2.68. The van der Waals surface area contributed by atoms with E-state index in [2.05, 4.69) is 12.2 Å². The average molecular weight is 383 g/mol. The number of nitrogens with one attached hydrogen (secondary N) is 1. The predicted octanol–water partition coefficient (Wildman–Crippen LogP) is 5.75. The minimum Gasteiger partial charge on any atom is -0.491 e. The highest BCUT2D eigenvalue weighted by molar-refractivity contribution is 5.92. The van der Waals surface area contributed by atoms with E-state index >= 15 is 0 Å². The second-order valence-corrected chi connectivity index (χ2v) is 6.89. The number of hydrogen-bond donors (Lipinski definition) is 2. The Morgan fingerprint density at radius 3 is 2.21 bits per heavy atom. The van der Waals surface area contributed by atoms with Crippen LogP contribution in [0.4, 0.5) is 5.69 Å². The number of hydrogen-bond acceptors (Lipinski definition) is 3. The van der Waals surface area contributed by atoms with Crippen LogP contribution >= 0.6 is 0 Å². The molecule has 0 bridgehead atoms. The fraction of sp³-hybridized carbons (Fsp3) is 0.391. The van der Waals surface area contributed by atoms with E-state index in [1.807, 2.05) is 18.2 Å². The number of anilines is 1. The molecule has 0 atom stereocenters. The number of rotatable bonds is 11. The monoisotopic (exact) mass is 383 g/mol. The van der Waals surface area contributed by atoms with Gasteiger partial charge in [-0.05, 0) is 41.8 Å². The molecule has 0 saturated heterocycles. The molecule has 0 unspecified atom stereocenters. The van der Waals surface area contributed by atoms with Crippen molar-refractivity contribution in [3.05, 3.63) is 48.0 Å². The topological polar surface area (TPSA) is 75.6 Å². The van der Waals surface area contributed by atoms with E-state index in [4.69, 9.17) is 9.84 Å². The van der Waals surface area contributed by atoms with Crippen LogP contribution in [0.25, 0.3) is 11.1 Å². The predicted molar refractivity (Wildman–Crippen MR) is 112 cm³/mol. The fourth-order valence-corrected chi connectivity index (χ4v) is 2.99. The Morgan fingerprint density at radius 1 is 0.929 bits per heavy atom. The van der Waals surface area contributed by atoms with Crippen LogP contribution < -0.4 is 10.1 Å². The molecular weight excluding hydrogens is 354 g/mol. The number of carbonyl (C=O) groups excluding carboxylic acids is 1. The summed E-state index contributed by atoms with van der Waals surface area (Å²) in [6.07, 6.45) is 7.14. The minimum absolute atomic E-state index is 0.164. The summed E-state index contributed by atoms with van der Waals surface area (Å²) < 4.78 is 5.89. The Balaban J connectivity index is 2.05. The number of benzene rings is 2. The summed E-state index contributed by atoms with van der Waals surface area (Å²) in [7, 11) is 0. The van der Waals surface area contributed by atoms with Crippen molar-refractivity contribution in [2.45, 2.75) is 52.4 Å². The van der Waals surface area contributed by atoms with Crippen LogP contribution in [0.1, 0.15) is 62.7 Å².